The fourth-order valence-corrected chi connectivity index (χ4v) is 5.31. The zero-order chi connectivity index (χ0) is 20.1. The van der Waals surface area contributed by atoms with Crippen LogP contribution in [0.15, 0.2) is 22.2 Å². The molecule has 3 atom stereocenters. The number of carboxylic acids is 1. The summed E-state index contributed by atoms with van der Waals surface area (Å²) in [7, 11) is -4.07. The molecule has 1 aromatic heterocycles. The zero-order valence-electron chi connectivity index (χ0n) is 13.8. The van der Waals surface area contributed by atoms with Crippen molar-refractivity contribution in [3.05, 3.63) is 28.2 Å². The van der Waals surface area contributed by atoms with E-state index < -0.39 is 55.7 Å². The Morgan fingerprint density at radius 1 is 1.52 bits per heavy atom. The predicted molar refractivity (Wildman–Crippen MR) is 84.6 cm³/mol. The van der Waals surface area contributed by atoms with Crippen molar-refractivity contribution in [3.8, 4) is 5.75 Å². The number of carboxylic acid groups (broad SMARTS) is 1. The Labute approximate surface area is 151 Å². The van der Waals surface area contributed by atoms with Crippen molar-refractivity contribution >= 4 is 27.9 Å². The highest BCUT2D eigenvalue weighted by atomic mass is 32.2. The molecule has 0 bridgehead atoms. The van der Waals surface area contributed by atoms with Gasteiger partial charge in [0.2, 0.25) is 5.91 Å². The van der Waals surface area contributed by atoms with Gasteiger partial charge >= 0.3 is 5.97 Å². The number of pyridine rings is 1. The number of oxime groups is 1. The average Bonchev–Trinajstić information content (AvgIpc) is 2.70. The molecule has 0 aliphatic carbocycles. The lowest BCUT2D eigenvalue weighted by molar-refractivity contribution is -0.271. The van der Waals surface area contributed by atoms with Crippen LogP contribution in [0.2, 0.25) is 0 Å². The minimum atomic E-state index is -4.07. The largest absolute Gasteiger partial charge is 0.869 e. The second-order valence-corrected chi connectivity index (χ2v) is 8.79. The number of sulfone groups is 1. The third-order valence-electron chi connectivity index (χ3n) is 4.64. The van der Waals surface area contributed by atoms with Crippen LogP contribution in [0.3, 0.4) is 0 Å². The number of rotatable bonds is 5. The number of fused-ring (bicyclic) bond motifs is 1. The molecule has 27 heavy (non-hydrogen) atoms. The van der Waals surface area contributed by atoms with E-state index in [2.05, 4.69) is 5.16 Å². The Morgan fingerprint density at radius 2 is 2.19 bits per heavy atom. The van der Waals surface area contributed by atoms with E-state index in [1.54, 1.807) is 0 Å². The Bertz CT molecular complexity index is 1020. The van der Waals surface area contributed by atoms with Gasteiger partial charge in [-0.3, -0.25) is 9.59 Å². The van der Waals surface area contributed by atoms with Gasteiger partial charge in [-0.1, -0.05) is 5.16 Å². The molecule has 0 spiro atoms. The summed E-state index contributed by atoms with van der Waals surface area (Å²) in [5, 5.41) is 32.2. The van der Waals surface area contributed by atoms with E-state index in [0.717, 1.165) is 24.1 Å². The number of aliphatic carboxylic acids is 1. The van der Waals surface area contributed by atoms with Crippen molar-refractivity contribution < 1.29 is 38.3 Å². The summed E-state index contributed by atoms with van der Waals surface area (Å²) < 4.78 is 23.6. The summed E-state index contributed by atoms with van der Waals surface area (Å²) in [6, 6.07) is -0.840. The quantitative estimate of drug-likeness (QED) is 0.241. The molecule has 3 heterocycles. The molecule has 3 rings (SSSR count). The number of nitrogens with zero attached hydrogens (tertiary/aromatic N) is 3. The number of amides is 1. The van der Waals surface area contributed by atoms with Gasteiger partial charge < -0.3 is 25.2 Å². The summed E-state index contributed by atoms with van der Waals surface area (Å²) in [5.41, 5.74) is -1.02. The van der Waals surface area contributed by atoms with Crippen LogP contribution in [-0.4, -0.2) is 62.6 Å². The second-order valence-electron chi connectivity index (χ2n) is 6.28. The Kier molecular flexibility index (Phi) is 4.14. The smallest absolute Gasteiger partial charge is 0.328 e. The standard InChI is InChI=1S/C14H15N3O9S/c1-14(6-15-26-5-7-2-8(18)9(19)4-16(7)23)12(13(21)22)17-10(20)3-11(17)27(14,24)25/h2,4,6,11-12,19,23H,3,5H2,1H3,(H,21,22)/p-1/b15-6-/t11-,12+,14+/m1/s1. The molecule has 0 unspecified atom stereocenters. The zero-order valence-corrected chi connectivity index (χ0v) is 14.6. The third kappa shape index (κ3) is 2.61. The Morgan fingerprint density at radius 3 is 2.78 bits per heavy atom. The number of hydrogen-bond acceptors (Lipinski definition) is 9. The minimum absolute atomic E-state index is 0.134. The number of carbonyl (C=O) groups excluding carboxylic acids is 1. The molecule has 2 aliphatic rings. The van der Waals surface area contributed by atoms with Crippen LogP contribution in [0.1, 0.15) is 19.0 Å². The lowest BCUT2D eigenvalue weighted by Gasteiger charge is -2.35. The minimum Gasteiger partial charge on any atom is -0.869 e. The van der Waals surface area contributed by atoms with Crippen molar-refractivity contribution in [1.82, 2.24) is 9.63 Å². The van der Waals surface area contributed by atoms with Crippen LogP contribution < -0.4 is 10.5 Å². The van der Waals surface area contributed by atoms with Gasteiger partial charge in [0.05, 0.1) is 12.6 Å². The van der Waals surface area contributed by atoms with Crippen LogP contribution in [0.4, 0.5) is 0 Å². The Hall–Kier alpha value is -3.09. The molecule has 2 fully saturated rings. The molecule has 0 radical (unpaired) electrons. The SMILES string of the molecule is C[C@]1(/C=N\OCc2cc(=O)c([O-])cn2O)[C@H](C(=O)O)N2C(=O)C[C@H]2S1(=O)=O. The van der Waals surface area contributed by atoms with Crippen LogP contribution >= 0.6 is 0 Å². The molecular weight excluding hydrogens is 386 g/mol. The van der Waals surface area contributed by atoms with Crippen LogP contribution in [0.5, 0.6) is 5.75 Å². The number of β-lactam (4-membered cyclic amide) rings is 1. The summed E-state index contributed by atoms with van der Waals surface area (Å²) in [6.07, 6.45) is 1.10. The maximum Gasteiger partial charge on any atom is 0.328 e. The molecule has 2 saturated heterocycles. The molecule has 13 heteroatoms. The van der Waals surface area contributed by atoms with E-state index in [0.29, 0.717) is 10.9 Å². The molecular formula is C14H14N3O9S-. The number of aromatic nitrogens is 1. The van der Waals surface area contributed by atoms with E-state index in [9.17, 15) is 38.2 Å². The van der Waals surface area contributed by atoms with Gasteiger partial charge in [0.15, 0.2) is 27.9 Å². The lowest BCUT2D eigenvalue weighted by atomic mass is 9.98. The van der Waals surface area contributed by atoms with Crippen LogP contribution in [0, 0.1) is 0 Å². The highest BCUT2D eigenvalue weighted by Gasteiger charge is 2.69. The first-order valence-corrected chi connectivity index (χ1v) is 9.11. The fraction of sp³-hybridized carbons (Fsp3) is 0.429. The summed E-state index contributed by atoms with van der Waals surface area (Å²) >= 11 is 0. The highest BCUT2D eigenvalue weighted by Crippen LogP contribution is 2.45. The van der Waals surface area contributed by atoms with Crippen molar-refractivity contribution in [2.24, 2.45) is 5.16 Å². The van der Waals surface area contributed by atoms with Crippen molar-refractivity contribution in [1.29, 1.82) is 0 Å². The predicted octanol–water partition coefficient (Wildman–Crippen LogP) is -2.14. The van der Waals surface area contributed by atoms with E-state index in [1.165, 1.54) is 0 Å². The molecule has 0 aromatic carbocycles. The molecule has 1 aromatic rings. The van der Waals surface area contributed by atoms with E-state index in [-0.39, 0.29) is 12.1 Å². The summed E-state index contributed by atoms with van der Waals surface area (Å²) in [6.45, 7) is 0.621. The third-order valence-corrected chi connectivity index (χ3v) is 7.31. The van der Waals surface area contributed by atoms with E-state index >= 15 is 0 Å². The highest BCUT2D eigenvalue weighted by molar-refractivity contribution is 7.94. The molecule has 1 amide bonds. The van der Waals surface area contributed by atoms with Crippen molar-refractivity contribution in [3.63, 3.8) is 0 Å². The van der Waals surface area contributed by atoms with Gasteiger partial charge in [0.25, 0.3) is 0 Å². The Balaban J connectivity index is 1.83. The first-order chi connectivity index (χ1) is 12.5. The molecule has 12 nitrogen and oxygen atoms in total. The number of carbonyl (C=O) groups is 2. The molecule has 0 saturated carbocycles. The maximum absolute atomic E-state index is 12.6. The average molecular weight is 400 g/mol. The van der Waals surface area contributed by atoms with Gasteiger partial charge in [-0.2, -0.15) is 4.73 Å². The van der Waals surface area contributed by atoms with Gasteiger partial charge in [-0.15, -0.1) is 0 Å². The van der Waals surface area contributed by atoms with Gasteiger partial charge in [-0.05, 0) is 12.7 Å². The summed E-state index contributed by atoms with van der Waals surface area (Å²) in [5.74, 6) is -3.03. The van der Waals surface area contributed by atoms with Gasteiger partial charge in [0, 0.05) is 12.3 Å². The van der Waals surface area contributed by atoms with Gasteiger partial charge in [-0.25, -0.2) is 13.2 Å². The second kappa shape index (κ2) is 5.97. The number of hydrogen-bond donors (Lipinski definition) is 2. The van der Waals surface area contributed by atoms with Crippen molar-refractivity contribution in [2.75, 3.05) is 0 Å². The topological polar surface area (TPSA) is 179 Å². The molecule has 146 valence electrons. The van der Waals surface area contributed by atoms with Crippen LogP contribution in [0.25, 0.3) is 0 Å². The summed E-state index contributed by atoms with van der Waals surface area (Å²) in [4.78, 5) is 40.1. The lowest BCUT2D eigenvalue weighted by Crippen LogP contribution is -2.57. The van der Waals surface area contributed by atoms with Crippen LogP contribution in [-0.2, 0) is 30.9 Å². The van der Waals surface area contributed by atoms with E-state index in [4.69, 9.17) is 4.84 Å². The monoisotopic (exact) mass is 400 g/mol. The van der Waals surface area contributed by atoms with Gasteiger partial charge in [0.1, 0.15) is 15.8 Å². The van der Waals surface area contributed by atoms with E-state index in [1.807, 2.05) is 0 Å². The molecule has 2 N–H and O–H groups in total. The first kappa shape index (κ1) is 18.7. The maximum atomic E-state index is 12.6. The first-order valence-electron chi connectivity index (χ1n) is 7.56. The fourth-order valence-electron chi connectivity index (χ4n) is 3.10. The normalized spacial score (nSPS) is 28.8. The van der Waals surface area contributed by atoms with Crippen molar-refractivity contribution in [2.45, 2.75) is 36.1 Å². The molecule has 2 aliphatic heterocycles.